The first kappa shape index (κ1) is 23.6. The van der Waals surface area contributed by atoms with Gasteiger partial charge in [0.15, 0.2) is 19.7 Å². The standard InChI is InChI=1S/C21H22N2O7S2/c1-3-13-31(27,28)20-17-7-5-6-12-22(17)18(21(20)32(29,30)14-4-2)19(24)15-8-10-16(11-9-15)23(25)26/h5-12H,3-4,13-14H2,1-2H3. The number of benzene rings is 1. The fourth-order valence-corrected chi connectivity index (χ4v) is 7.55. The van der Waals surface area contributed by atoms with Crippen LogP contribution in [0, 0.1) is 10.1 Å². The van der Waals surface area contributed by atoms with Crippen LogP contribution in [0.4, 0.5) is 5.69 Å². The Morgan fingerprint density at radius 2 is 1.47 bits per heavy atom. The number of fused-ring (bicyclic) bond motifs is 1. The summed E-state index contributed by atoms with van der Waals surface area (Å²) >= 11 is 0. The zero-order valence-electron chi connectivity index (χ0n) is 17.5. The van der Waals surface area contributed by atoms with Gasteiger partial charge in [-0.25, -0.2) is 16.8 Å². The maximum Gasteiger partial charge on any atom is 0.269 e. The van der Waals surface area contributed by atoms with Crippen molar-refractivity contribution in [1.29, 1.82) is 0 Å². The minimum atomic E-state index is -4.14. The van der Waals surface area contributed by atoms with E-state index >= 15 is 0 Å². The number of nitro groups is 1. The van der Waals surface area contributed by atoms with Crippen molar-refractivity contribution in [3.05, 3.63) is 70.0 Å². The van der Waals surface area contributed by atoms with Crippen LogP contribution in [-0.2, 0) is 19.7 Å². The number of aromatic nitrogens is 1. The van der Waals surface area contributed by atoms with Crippen molar-refractivity contribution in [1.82, 2.24) is 4.40 Å². The van der Waals surface area contributed by atoms with Gasteiger partial charge in [0.05, 0.1) is 21.9 Å². The molecule has 3 rings (SSSR count). The summed E-state index contributed by atoms with van der Waals surface area (Å²) in [5.74, 6) is -1.35. The van der Waals surface area contributed by atoms with Crippen LogP contribution in [0.3, 0.4) is 0 Å². The summed E-state index contributed by atoms with van der Waals surface area (Å²) in [5, 5.41) is 10.9. The average Bonchev–Trinajstić information content (AvgIpc) is 3.10. The molecule has 0 bridgehead atoms. The van der Waals surface area contributed by atoms with E-state index < -0.39 is 35.3 Å². The Kier molecular flexibility index (Phi) is 6.51. The molecule has 0 aliphatic carbocycles. The number of carbonyl (C=O) groups is 1. The smallest absolute Gasteiger partial charge is 0.269 e. The number of ketones is 1. The highest BCUT2D eigenvalue weighted by Crippen LogP contribution is 2.35. The zero-order valence-corrected chi connectivity index (χ0v) is 19.1. The van der Waals surface area contributed by atoms with Crippen LogP contribution in [0.5, 0.6) is 0 Å². The number of hydrogen-bond acceptors (Lipinski definition) is 7. The second kappa shape index (κ2) is 8.83. The van der Waals surface area contributed by atoms with Gasteiger partial charge in [-0.1, -0.05) is 19.9 Å². The van der Waals surface area contributed by atoms with Crippen molar-refractivity contribution in [2.75, 3.05) is 11.5 Å². The second-order valence-electron chi connectivity index (χ2n) is 7.23. The Labute approximate surface area is 185 Å². The normalized spacial score (nSPS) is 12.2. The van der Waals surface area contributed by atoms with Gasteiger partial charge in [-0.3, -0.25) is 14.9 Å². The molecule has 0 N–H and O–H groups in total. The number of non-ortho nitro benzene ring substituents is 1. The van der Waals surface area contributed by atoms with Crippen molar-refractivity contribution in [3.8, 4) is 0 Å². The molecule has 2 heterocycles. The van der Waals surface area contributed by atoms with Gasteiger partial charge in [0.25, 0.3) is 5.69 Å². The summed E-state index contributed by atoms with van der Waals surface area (Å²) in [6.07, 6.45) is 1.93. The van der Waals surface area contributed by atoms with E-state index in [0.717, 1.165) is 12.1 Å². The molecule has 32 heavy (non-hydrogen) atoms. The third kappa shape index (κ3) is 4.17. The fraction of sp³-hybridized carbons (Fsp3) is 0.286. The first-order valence-corrected chi connectivity index (χ1v) is 13.2. The number of nitro benzene ring substituents is 1. The summed E-state index contributed by atoms with van der Waals surface area (Å²) < 4.78 is 54.1. The van der Waals surface area contributed by atoms with Gasteiger partial charge in [-0.15, -0.1) is 0 Å². The van der Waals surface area contributed by atoms with Gasteiger partial charge < -0.3 is 4.40 Å². The van der Waals surface area contributed by atoms with Crippen molar-refractivity contribution in [2.45, 2.75) is 36.5 Å². The Morgan fingerprint density at radius 1 is 0.906 bits per heavy atom. The van der Waals surface area contributed by atoms with E-state index in [0.29, 0.717) is 0 Å². The Hall–Kier alpha value is -3.05. The number of hydrogen-bond donors (Lipinski definition) is 0. The molecular formula is C21H22N2O7S2. The molecule has 11 heteroatoms. The van der Waals surface area contributed by atoms with Gasteiger partial charge in [-0.05, 0) is 37.1 Å². The van der Waals surface area contributed by atoms with Crippen molar-refractivity contribution in [3.63, 3.8) is 0 Å². The molecule has 0 saturated carbocycles. The average molecular weight is 479 g/mol. The maximum atomic E-state index is 13.5. The number of nitrogens with zero attached hydrogens (tertiary/aromatic N) is 2. The largest absolute Gasteiger partial charge is 0.311 e. The van der Waals surface area contributed by atoms with Crippen LogP contribution in [0.2, 0.25) is 0 Å². The lowest BCUT2D eigenvalue weighted by molar-refractivity contribution is -0.384. The van der Waals surface area contributed by atoms with E-state index in [1.807, 2.05) is 0 Å². The lowest BCUT2D eigenvalue weighted by Crippen LogP contribution is -2.17. The summed E-state index contributed by atoms with van der Waals surface area (Å²) in [6.45, 7) is 3.31. The molecule has 1 aromatic carbocycles. The summed E-state index contributed by atoms with van der Waals surface area (Å²) in [7, 11) is -8.16. The molecule has 2 aromatic heterocycles. The highest BCUT2D eigenvalue weighted by Gasteiger charge is 2.37. The van der Waals surface area contributed by atoms with Crippen LogP contribution >= 0.6 is 0 Å². The monoisotopic (exact) mass is 478 g/mol. The molecule has 0 radical (unpaired) electrons. The maximum absolute atomic E-state index is 13.5. The summed E-state index contributed by atoms with van der Waals surface area (Å²) in [5.41, 5.74) is -0.420. The minimum Gasteiger partial charge on any atom is -0.311 e. The second-order valence-corrected chi connectivity index (χ2v) is 11.3. The highest BCUT2D eigenvalue weighted by atomic mass is 32.2. The molecular weight excluding hydrogens is 456 g/mol. The molecule has 0 atom stereocenters. The van der Waals surface area contributed by atoms with Crippen LogP contribution in [-0.4, -0.2) is 43.4 Å². The van der Waals surface area contributed by atoms with Crippen molar-refractivity contribution < 1.29 is 26.6 Å². The lowest BCUT2D eigenvalue weighted by Gasteiger charge is -2.09. The van der Waals surface area contributed by atoms with Crippen LogP contribution in [0.25, 0.3) is 5.52 Å². The first-order valence-electron chi connectivity index (χ1n) is 9.92. The predicted molar refractivity (Wildman–Crippen MR) is 119 cm³/mol. The van der Waals surface area contributed by atoms with Crippen molar-refractivity contribution >= 4 is 36.7 Å². The van der Waals surface area contributed by atoms with Gasteiger partial charge in [0, 0.05) is 23.9 Å². The van der Waals surface area contributed by atoms with E-state index in [9.17, 15) is 31.7 Å². The molecule has 0 amide bonds. The van der Waals surface area contributed by atoms with E-state index in [4.69, 9.17) is 0 Å². The number of sulfone groups is 2. The van der Waals surface area contributed by atoms with Crippen LogP contribution < -0.4 is 0 Å². The molecule has 0 fully saturated rings. The van der Waals surface area contributed by atoms with Gasteiger partial charge in [0.2, 0.25) is 5.78 Å². The molecule has 9 nitrogen and oxygen atoms in total. The van der Waals surface area contributed by atoms with E-state index in [-0.39, 0.29) is 51.7 Å². The van der Waals surface area contributed by atoms with E-state index in [2.05, 4.69) is 0 Å². The minimum absolute atomic E-state index is 0.00578. The van der Waals surface area contributed by atoms with Gasteiger partial charge in [0.1, 0.15) is 15.5 Å². The number of rotatable bonds is 9. The predicted octanol–water partition coefficient (Wildman–Crippen LogP) is 3.45. The molecule has 3 aromatic rings. The van der Waals surface area contributed by atoms with E-state index in [1.54, 1.807) is 26.0 Å². The number of pyridine rings is 1. The van der Waals surface area contributed by atoms with Gasteiger partial charge >= 0.3 is 0 Å². The first-order chi connectivity index (χ1) is 15.0. The van der Waals surface area contributed by atoms with Gasteiger partial charge in [-0.2, -0.15) is 0 Å². The third-order valence-electron chi connectivity index (χ3n) is 4.88. The fourth-order valence-electron chi connectivity index (χ4n) is 3.57. The molecule has 0 aliphatic heterocycles. The molecule has 170 valence electrons. The quantitative estimate of drug-likeness (QED) is 0.261. The Morgan fingerprint density at radius 3 is 2.00 bits per heavy atom. The third-order valence-corrected chi connectivity index (χ3v) is 8.95. The SMILES string of the molecule is CCCS(=O)(=O)c1c(S(=O)(=O)CCC)c2ccccn2c1C(=O)c1ccc([N+](=O)[O-])cc1. The Bertz CT molecular complexity index is 1400. The molecule has 0 unspecified atom stereocenters. The van der Waals surface area contributed by atoms with Crippen LogP contribution in [0.1, 0.15) is 42.7 Å². The van der Waals surface area contributed by atoms with Crippen molar-refractivity contribution in [2.24, 2.45) is 0 Å². The highest BCUT2D eigenvalue weighted by molar-refractivity contribution is 7.94. The molecule has 0 spiro atoms. The zero-order chi connectivity index (χ0) is 23.7. The molecule has 0 aliphatic rings. The van der Waals surface area contributed by atoms with Crippen LogP contribution in [0.15, 0.2) is 58.5 Å². The molecule has 0 saturated heterocycles. The topological polar surface area (TPSA) is 133 Å². The lowest BCUT2D eigenvalue weighted by atomic mass is 10.1. The van der Waals surface area contributed by atoms with E-state index in [1.165, 1.54) is 28.8 Å². The summed E-state index contributed by atoms with van der Waals surface area (Å²) in [6, 6.07) is 9.30. The Balaban J connectivity index is 2.42. The summed E-state index contributed by atoms with van der Waals surface area (Å²) in [4.78, 5) is 22.9. The number of carbonyl (C=O) groups excluding carboxylic acids is 1.